The maximum absolute atomic E-state index is 12.4. The first-order chi connectivity index (χ1) is 11.9. The molecule has 0 radical (unpaired) electrons. The fourth-order valence-corrected chi connectivity index (χ4v) is 2.95. The first kappa shape index (κ1) is 17.6. The van der Waals surface area contributed by atoms with Gasteiger partial charge in [0.25, 0.3) is 11.8 Å². The number of hydrogen-bond donors (Lipinski definition) is 1. The van der Waals surface area contributed by atoms with Gasteiger partial charge in [0.1, 0.15) is 5.75 Å². The minimum Gasteiger partial charge on any atom is -0.479 e. The lowest BCUT2D eigenvalue weighted by Crippen LogP contribution is -2.44. The highest BCUT2D eigenvalue weighted by atomic mass is 35.5. The molecular formula is C18H16Cl2N2O3. The van der Waals surface area contributed by atoms with Gasteiger partial charge in [0, 0.05) is 23.9 Å². The topological polar surface area (TPSA) is 58.6 Å². The van der Waals surface area contributed by atoms with Gasteiger partial charge < -0.3 is 15.0 Å². The molecule has 7 heteroatoms. The second-order valence-corrected chi connectivity index (χ2v) is 6.42. The number of nitrogens with one attached hydrogen (secondary N) is 1. The zero-order valence-corrected chi connectivity index (χ0v) is 15.2. The van der Waals surface area contributed by atoms with E-state index in [4.69, 9.17) is 27.9 Å². The molecule has 2 aromatic carbocycles. The Labute approximate surface area is 155 Å². The van der Waals surface area contributed by atoms with Crippen LogP contribution in [-0.2, 0) is 4.79 Å². The highest BCUT2D eigenvalue weighted by Gasteiger charge is 2.30. The molecule has 25 heavy (non-hydrogen) atoms. The summed E-state index contributed by atoms with van der Waals surface area (Å²) < 4.78 is 5.66. The van der Waals surface area contributed by atoms with Crippen molar-refractivity contribution in [2.75, 3.05) is 16.8 Å². The molecule has 5 nitrogen and oxygen atoms in total. The molecule has 1 heterocycles. The van der Waals surface area contributed by atoms with Gasteiger partial charge in [-0.25, -0.2) is 0 Å². The van der Waals surface area contributed by atoms with E-state index in [0.29, 0.717) is 39.3 Å². The molecule has 0 saturated heterocycles. The number of nitrogens with zero attached hydrogens (tertiary/aromatic N) is 1. The second-order valence-electron chi connectivity index (χ2n) is 5.61. The number of hydrogen-bond acceptors (Lipinski definition) is 3. The summed E-state index contributed by atoms with van der Waals surface area (Å²) in [6.07, 6.45) is -0.562. The van der Waals surface area contributed by atoms with Crippen molar-refractivity contribution in [3.63, 3.8) is 0 Å². The third-order valence-corrected chi connectivity index (χ3v) is 4.66. The predicted molar refractivity (Wildman–Crippen MR) is 99.0 cm³/mol. The van der Waals surface area contributed by atoms with Crippen molar-refractivity contribution in [3.05, 3.63) is 52.0 Å². The Morgan fingerprint density at radius 1 is 1.20 bits per heavy atom. The van der Waals surface area contributed by atoms with Crippen LogP contribution < -0.4 is 15.0 Å². The van der Waals surface area contributed by atoms with Crippen LogP contribution in [0.2, 0.25) is 10.0 Å². The van der Waals surface area contributed by atoms with E-state index in [1.807, 2.05) is 6.92 Å². The quantitative estimate of drug-likeness (QED) is 0.861. The number of likely N-dealkylation sites (N-methyl/N-ethyl adjacent to an activating group) is 1. The van der Waals surface area contributed by atoms with Crippen molar-refractivity contribution >= 4 is 46.4 Å². The molecule has 2 aromatic rings. The molecule has 3 rings (SSSR count). The zero-order valence-electron chi connectivity index (χ0n) is 13.7. The van der Waals surface area contributed by atoms with Gasteiger partial charge in [0.05, 0.1) is 15.7 Å². The van der Waals surface area contributed by atoms with E-state index in [0.717, 1.165) is 0 Å². The van der Waals surface area contributed by atoms with Crippen LogP contribution in [0, 0.1) is 0 Å². The molecule has 130 valence electrons. The Bertz CT molecular complexity index is 854. The van der Waals surface area contributed by atoms with E-state index in [1.165, 1.54) is 6.07 Å². The highest BCUT2D eigenvalue weighted by molar-refractivity contribution is 6.42. The van der Waals surface area contributed by atoms with Crippen molar-refractivity contribution in [1.82, 2.24) is 0 Å². The van der Waals surface area contributed by atoms with Gasteiger partial charge >= 0.3 is 0 Å². The standard InChI is InChI=1S/C18H16Cl2N2O3/c1-3-22-15-7-5-12(9-16(15)25-10(2)18(22)24)21-17(23)11-4-6-13(19)14(20)8-11/h4-10H,3H2,1-2H3,(H,21,23). The first-order valence-electron chi connectivity index (χ1n) is 7.79. The Balaban J connectivity index is 1.85. The molecule has 1 unspecified atom stereocenters. The second kappa shape index (κ2) is 6.94. The summed E-state index contributed by atoms with van der Waals surface area (Å²) in [5, 5.41) is 3.49. The normalized spacial score (nSPS) is 16.2. The van der Waals surface area contributed by atoms with E-state index in [1.54, 1.807) is 42.2 Å². The first-order valence-corrected chi connectivity index (χ1v) is 8.54. The van der Waals surface area contributed by atoms with E-state index < -0.39 is 6.10 Å². The lowest BCUT2D eigenvalue weighted by atomic mass is 10.1. The van der Waals surface area contributed by atoms with E-state index >= 15 is 0 Å². The molecule has 0 aliphatic carbocycles. The zero-order chi connectivity index (χ0) is 18.1. The third kappa shape index (κ3) is 3.43. The summed E-state index contributed by atoms with van der Waals surface area (Å²) in [5.41, 5.74) is 1.65. The molecule has 1 aliphatic heterocycles. The number of rotatable bonds is 3. The Morgan fingerprint density at radius 3 is 2.64 bits per heavy atom. The summed E-state index contributed by atoms with van der Waals surface area (Å²) >= 11 is 11.8. The van der Waals surface area contributed by atoms with Crippen molar-refractivity contribution in [3.8, 4) is 5.75 Å². The van der Waals surface area contributed by atoms with Crippen molar-refractivity contribution in [1.29, 1.82) is 0 Å². The van der Waals surface area contributed by atoms with Gasteiger partial charge in [-0.05, 0) is 44.2 Å². The van der Waals surface area contributed by atoms with Crippen LogP contribution in [0.15, 0.2) is 36.4 Å². The third-order valence-electron chi connectivity index (χ3n) is 3.92. The Hall–Kier alpha value is -2.24. The molecule has 1 N–H and O–H groups in total. The number of anilines is 2. The van der Waals surface area contributed by atoms with Crippen molar-refractivity contribution < 1.29 is 14.3 Å². The molecule has 0 saturated carbocycles. The molecule has 0 bridgehead atoms. The van der Waals surface area contributed by atoms with E-state index in [9.17, 15) is 9.59 Å². The lowest BCUT2D eigenvalue weighted by molar-refractivity contribution is -0.125. The van der Waals surface area contributed by atoms with Gasteiger partial charge in [-0.3, -0.25) is 9.59 Å². The average molecular weight is 379 g/mol. The van der Waals surface area contributed by atoms with Crippen molar-refractivity contribution in [2.24, 2.45) is 0 Å². The number of carbonyl (C=O) groups excluding carboxylic acids is 2. The Kier molecular flexibility index (Phi) is 4.88. The molecule has 0 fully saturated rings. The number of halogens is 2. The minimum atomic E-state index is -0.562. The van der Waals surface area contributed by atoms with Gasteiger partial charge in [0.2, 0.25) is 0 Å². The fraction of sp³-hybridized carbons (Fsp3) is 0.222. The fourth-order valence-electron chi connectivity index (χ4n) is 2.66. The minimum absolute atomic E-state index is 0.0809. The van der Waals surface area contributed by atoms with Crippen LogP contribution in [-0.4, -0.2) is 24.5 Å². The largest absolute Gasteiger partial charge is 0.479 e. The molecule has 0 aromatic heterocycles. The maximum Gasteiger partial charge on any atom is 0.267 e. The molecule has 2 amide bonds. The van der Waals surface area contributed by atoms with Crippen LogP contribution >= 0.6 is 23.2 Å². The summed E-state index contributed by atoms with van der Waals surface area (Å²) in [5.74, 6) is 0.161. The molecular weight excluding hydrogens is 363 g/mol. The molecule has 1 aliphatic rings. The molecule has 1 atom stereocenters. The van der Waals surface area contributed by atoms with Gasteiger partial charge in [-0.15, -0.1) is 0 Å². The summed E-state index contributed by atoms with van der Waals surface area (Å²) in [4.78, 5) is 26.2. The smallest absolute Gasteiger partial charge is 0.267 e. The number of benzene rings is 2. The number of fused-ring (bicyclic) bond motifs is 1. The van der Waals surface area contributed by atoms with Crippen LogP contribution in [0.3, 0.4) is 0 Å². The van der Waals surface area contributed by atoms with E-state index in [2.05, 4.69) is 5.32 Å². The van der Waals surface area contributed by atoms with Gasteiger partial charge in [0.15, 0.2) is 6.10 Å². The summed E-state index contributed by atoms with van der Waals surface area (Å²) in [6, 6.07) is 9.86. The van der Waals surface area contributed by atoms with Crippen LogP contribution in [0.4, 0.5) is 11.4 Å². The number of carbonyl (C=O) groups is 2. The van der Waals surface area contributed by atoms with E-state index in [-0.39, 0.29) is 11.8 Å². The van der Waals surface area contributed by atoms with Crippen LogP contribution in [0.5, 0.6) is 5.75 Å². The van der Waals surface area contributed by atoms with Crippen LogP contribution in [0.25, 0.3) is 0 Å². The highest BCUT2D eigenvalue weighted by Crippen LogP contribution is 2.36. The average Bonchev–Trinajstić information content (AvgIpc) is 2.58. The van der Waals surface area contributed by atoms with Crippen molar-refractivity contribution in [2.45, 2.75) is 20.0 Å². The number of ether oxygens (including phenoxy) is 1. The number of amides is 2. The summed E-state index contributed by atoms with van der Waals surface area (Å²) in [7, 11) is 0. The maximum atomic E-state index is 12.4. The monoisotopic (exact) mass is 378 g/mol. The lowest BCUT2D eigenvalue weighted by Gasteiger charge is -2.32. The Morgan fingerprint density at radius 2 is 1.96 bits per heavy atom. The summed E-state index contributed by atoms with van der Waals surface area (Å²) in [6.45, 7) is 4.16. The molecule has 0 spiro atoms. The SMILES string of the molecule is CCN1C(=O)C(C)Oc2cc(NC(=O)c3ccc(Cl)c(Cl)c3)ccc21. The van der Waals surface area contributed by atoms with Gasteiger partial charge in [-0.1, -0.05) is 23.2 Å². The van der Waals surface area contributed by atoms with Gasteiger partial charge in [-0.2, -0.15) is 0 Å². The predicted octanol–water partition coefficient (Wildman–Crippen LogP) is 4.38. The van der Waals surface area contributed by atoms with Crippen LogP contribution in [0.1, 0.15) is 24.2 Å².